The van der Waals surface area contributed by atoms with Gasteiger partial charge < -0.3 is 4.74 Å². The number of anilines is 2. The number of sulfone groups is 1. The Morgan fingerprint density at radius 2 is 2.04 bits per heavy atom. The van der Waals surface area contributed by atoms with E-state index >= 15 is 0 Å². The molecular weight excluding hydrogens is 400 g/mol. The summed E-state index contributed by atoms with van der Waals surface area (Å²) in [5, 5.41) is 2.22. The van der Waals surface area contributed by atoms with Crippen LogP contribution in [0.5, 0.6) is 0 Å². The van der Waals surface area contributed by atoms with Crippen LogP contribution in [-0.2, 0) is 30.8 Å². The molecule has 7 nitrogen and oxygen atoms in total. The third kappa shape index (κ3) is 4.59. The highest BCUT2D eigenvalue weighted by Gasteiger charge is 2.34. The molecule has 0 N–H and O–H groups in total. The van der Waals surface area contributed by atoms with Gasteiger partial charge in [0.15, 0.2) is 15.0 Å². The first-order valence-electron chi connectivity index (χ1n) is 8.86. The van der Waals surface area contributed by atoms with E-state index in [2.05, 4.69) is 4.98 Å². The Morgan fingerprint density at radius 3 is 2.64 bits per heavy atom. The smallest absolute Gasteiger partial charge is 0.310 e. The molecule has 0 unspecified atom stereocenters. The zero-order valence-corrected chi connectivity index (χ0v) is 17.6. The number of ether oxygens (including phenoxy) is 1. The minimum absolute atomic E-state index is 0.0250. The monoisotopic (exact) mass is 422 g/mol. The number of aromatic nitrogens is 1. The number of hydrogen-bond donors (Lipinski definition) is 0. The van der Waals surface area contributed by atoms with E-state index in [1.165, 1.54) is 23.2 Å². The molecule has 2 aromatic rings. The number of thiazole rings is 1. The first kappa shape index (κ1) is 20.5. The number of amides is 1. The summed E-state index contributed by atoms with van der Waals surface area (Å²) >= 11 is 1.28. The summed E-state index contributed by atoms with van der Waals surface area (Å²) in [5.41, 5.74) is 3.45. The largest absolute Gasteiger partial charge is 0.459 e. The maximum Gasteiger partial charge on any atom is 0.310 e. The Bertz CT molecular complexity index is 1010. The first-order chi connectivity index (χ1) is 13.2. The van der Waals surface area contributed by atoms with Crippen molar-refractivity contribution < 1.29 is 22.7 Å². The van der Waals surface area contributed by atoms with Gasteiger partial charge in [-0.1, -0.05) is 6.07 Å². The third-order valence-corrected chi connectivity index (χ3v) is 7.37. The van der Waals surface area contributed by atoms with Gasteiger partial charge in [0.1, 0.15) is 6.61 Å². The quantitative estimate of drug-likeness (QED) is 0.688. The molecule has 28 heavy (non-hydrogen) atoms. The van der Waals surface area contributed by atoms with Crippen LogP contribution in [0.25, 0.3) is 0 Å². The van der Waals surface area contributed by atoms with Crippen LogP contribution < -0.4 is 4.90 Å². The molecule has 3 rings (SSSR count). The Hall–Kier alpha value is -2.26. The second-order valence-corrected chi connectivity index (χ2v) is 10.0. The van der Waals surface area contributed by atoms with Crippen molar-refractivity contribution in [1.29, 1.82) is 0 Å². The van der Waals surface area contributed by atoms with Crippen molar-refractivity contribution in [2.24, 2.45) is 5.92 Å². The molecule has 1 aliphatic heterocycles. The van der Waals surface area contributed by atoms with Gasteiger partial charge in [-0.25, -0.2) is 13.4 Å². The molecule has 2 heterocycles. The molecule has 1 amide bonds. The van der Waals surface area contributed by atoms with E-state index in [-0.39, 0.29) is 24.0 Å². The standard InChI is InChI=1S/C19H22N2O5S2/c1-12-4-5-17(8-13(12)2)21(14(3)22)19-20-16(10-27-19)9-26-18(23)15-6-7-28(24,25)11-15/h4-5,8,10,15H,6-7,9,11H2,1-3H3/t15-/m0/s1. The molecule has 1 fully saturated rings. The third-order valence-electron chi connectivity index (χ3n) is 4.72. The van der Waals surface area contributed by atoms with Gasteiger partial charge in [-0.15, -0.1) is 11.3 Å². The Balaban J connectivity index is 1.70. The molecule has 150 valence electrons. The fourth-order valence-electron chi connectivity index (χ4n) is 3.00. The summed E-state index contributed by atoms with van der Waals surface area (Å²) in [4.78, 5) is 30.2. The summed E-state index contributed by atoms with van der Waals surface area (Å²) < 4.78 is 28.2. The van der Waals surface area contributed by atoms with Crippen molar-refractivity contribution in [3.8, 4) is 0 Å². The van der Waals surface area contributed by atoms with Crippen LogP contribution in [0.3, 0.4) is 0 Å². The summed E-state index contributed by atoms with van der Waals surface area (Å²) in [5.74, 6) is -1.42. The highest BCUT2D eigenvalue weighted by atomic mass is 32.2. The van der Waals surface area contributed by atoms with Gasteiger partial charge >= 0.3 is 5.97 Å². The predicted molar refractivity (Wildman–Crippen MR) is 107 cm³/mol. The van der Waals surface area contributed by atoms with Crippen LogP contribution in [0.4, 0.5) is 10.8 Å². The van der Waals surface area contributed by atoms with Gasteiger partial charge in [0.2, 0.25) is 5.91 Å². The molecule has 1 saturated heterocycles. The average Bonchev–Trinajstić information content (AvgIpc) is 3.22. The molecule has 0 saturated carbocycles. The minimum atomic E-state index is -3.14. The van der Waals surface area contributed by atoms with Crippen LogP contribution in [0.2, 0.25) is 0 Å². The SMILES string of the molecule is CC(=O)N(c1ccc(C)c(C)c1)c1nc(COC(=O)[C@H]2CCS(=O)(=O)C2)cs1. The van der Waals surface area contributed by atoms with Crippen molar-refractivity contribution in [3.05, 3.63) is 40.4 Å². The lowest BCUT2D eigenvalue weighted by Crippen LogP contribution is -2.23. The van der Waals surface area contributed by atoms with Crippen LogP contribution in [0.1, 0.15) is 30.2 Å². The van der Waals surface area contributed by atoms with Gasteiger partial charge in [-0.3, -0.25) is 14.5 Å². The summed E-state index contributed by atoms with van der Waals surface area (Å²) in [6, 6.07) is 5.75. The Kier molecular flexibility index (Phi) is 5.85. The first-order valence-corrected chi connectivity index (χ1v) is 11.6. The van der Waals surface area contributed by atoms with Gasteiger partial charge in [-0.05, 0) is 43.5 Å². The zero-order chi connectivity index (χ0) is 20.5. The highest BCUT2D eigenvalue weighted by Crippen LogP contribution is 2.30. The summed E-state index contributed by atoms with van der Waals surface area (Å²) in [7, 11) is -3.14. The number of rotatable bonds is 5. The number of aryl methyl sites for hydroxylation is 2. The van der Waals surface area contributed by atoms with Crippen molar-refractivity contribution in [2.45, 2.75) is 33.8 Å². The van der Waals surface area contributed by atoms with Gasteiger partial charge in [-0.2, -0.15) is 0 Å². The number of carbonyl (C=O) groups excluding carboxylic acids is 2. The van der Waals surface area contributed by atoms with Crippen molar-refractivity contribution in [3.63, 3.8) is 0 Å². The molecule has 1 atom stereocenters. The molecule has 0 bridgehead atoms. The number of nitrogens with zero attached hydrogens (tertiary/aromatic N) is 2. The fraction of sp³-hybridized carbons (Fsp3) is 0.421. The van der Waals surface area contributed by atoms with Gasteiger partial charge in [0, 0.05) is 12.3 Å². The lowest BCUT2D eigenvalue weighted by atomic mass is 10.1. The summed E-state index contributed by atoms with van der Waals surface area (Å²) in [6.45, 7) is 5.40. The van der Waals surface area contributed by atoms with Crippen molar-refractivity contribution in [1.82, 2.24) is 4.98 Å². The van der Waals surface area contributed by atoms with Gasteiger partial charge in [0.05, 0.1) is 28.8 Å². The molecule has 9 heteroatoms. The van der Waals surface area contributed by atoms with E-state index in [0.717, 1.165) is 16.8 Å². The van der Waals surface area contributed by atoms with Crippen LogP contribution in [0.15, 0.2) is 23.6 Å². The minimum Gasteiger partial charge on any atom is -0.459 e. The van der Waals surface area contributed by atoms with E-state index in [0.29, 0.717) is 17.2 Å². The summed E-state index contributed by atoms with van der Waals surface area (Å²) in [6.07, 6.45) is 0.300. The number of esters is 1. The number of carbonyl (C=O) groups is 2. The van der Waals surface area contributed by atoms with E-state index in [1.54, 1.807) is 5.38 Å². The lowest BCUT2D eigenvalue weighted by Gasteiger charge is -2.19. The second-order valence-electron chi connectivity index (χ2n) is 6.95. The Morgan fingerprint density at radius 1 is 1.29 bits per heavy atom. The number of benzene rings is 1. The Labute approximate surface area is 168 Å². The predicted octanol–water partition coefficient (Wildman–Crippen LogP) is 2.92. The van der Waals surface area contributed by atoms with Crippen molar-refractivity contribution >= 4 is 43.9 Å². The fourth-order valence-corrected chi connectivity index (χ4v) is 5.60. The molecular formula is C19H22N2O5S2. The maximum absolute atomic E-state index is 12.2. The van der Waals surface area contributed by atoms with Crippen LogP contribution in [0, 0.1) is 19.8 Å². The van der Waals surface area contributed by atoms with Crippen molar-refractivity contribution in [2.75, 3.05) is 16.4 Å². The lowest BCUT2D eigenvalue weighted by molar-refractivity contribution is -0.149. The molecule has 0 aliphatic carbocycles. The molecule has 1 aromatic carbocycles. The normalized spacial score (nSPS) is 18.0. The van der Waals surface area contributed by atoms with E-state index in [1.807, 2.05) is 32.0 Å². The van der Waals surface area contributed by atoms with Crippen LogP contribution >= 0.6 is 11.3 Å². The van der Waals surface area contributed by atoms with E-state index < -0.39 is 21.7 Å². The zero-order valence-electron chi connectivity index (χ0n) is 16.0. The maximum atomic E-state index is 12.2. The van der Waals surface area contributed by atoms with Crippen LogP contribution in [-0.4, -0.2) is 36.8 Å². The molecule has 1 aromatic heterocycles. The average molecular weight is 423 g/mol. The molecule has 0 spiro atoms. The second kappa shape index (κ2) is 8.00. The highest BCUT2D eigenvalue weighted by molar-refractivity contribution is 7.91. The number of hydrogen-bond acceptors (Lipinski definition) is 7. The van der Waals surface area contributed by atoms with E-state index in [9.17, 15) is 18.0 Å². The molecule has 1 aliphatic rings. The van der Waals surface area contributed by atoms with E-state index in [4.69, 9.17) is 4.74 Å². The topological polar surface area (TPSA) is 93.6 Å². The molecule has 0 radical (unpaired) electrons. The van der Waals surface area contributed by atoms with Gasteiger partial charge in [0.25, 0.3) is 0 Å².